The highest BCUT2D eigenvalue weighted by Gasteiger charge is 2.21. The molecule has 2 heterocycles. The number of amides is 1. The molecule has 2 aromatic rings. The SMILES string of the molecule is C[C@@H](CCCNC(=O)c1cccc(COCC2CC2)n1)c1nccs1. The molecule has 1 saturated carbocycles. The molecule has 0 radical (unpaired) electrons. The van der Waals surface area contributed by atoms with Gasteiger partial charge in [0.2, 0.25) is 0 Å². The van der Waals surface area contributed by atoms with Crippen molar-refractivity contribution in [3.8, 4) is 0 Å². The lowest BCUT2D eigenvalue weighted by atomic mass is 10.1. The fourth-order valence-electron chi connectivity index (χ4n) is 2.60. The molecule has 1 fully saturated rings. The van der Waals surface area contributed by atoms with Gasteiger partial charge in [-0.2, -0.15) is 0 Å². The number of ether oxygens (including phenoxy) is 1. The molecule has 0 spiro atoms. The number of nitrogens with zero attached hydrogens (tertiary/aromatic N) is 2. The Morgan fingerprint density at radius 2 is 2.32 bits per heavy atom. The van der Waals surface area contributed by atoms with Crippen LogP contribution in [0.15, 0.2) is 29.8 Å². The van der Waals surface area contributed by atoms with E-state index in [-0.39, 0.29) is 5.91 Å². The zero-order valence-corrected chi connectivity index (χ0v) is 15.4. The molecule has 1 N–H and O–H groups in total. The van der Waals surface area contributed by atoms with Crippen molar-refractivity contribution < 1.29 is 9.53 Å². The Morgan fingerprint density at radius 3 is 3.08 bits per heavy atom. The molecule has 5 nitrogen and oxygen atoms in total. The molecule has 0 saturated heterocycles. The third-order valence-electron chi connectivity index (χ3n) is 4.31. The quantitative estimate of drug-likeness (QED) is 0.656. The van der Waals surface area contributed by atoms with Gasteiger partial charge in [-0.25, -0.2) is 9.97 Å². The molecule has 1 atom stereocenters. The van der Waals surface area contributed by atoms with Crippen molar-refractivity contribution in [2.24, 2.45) is 5.92 Å². The van der Waals surface area contributed by atoms with Crippen LogP contribution in [0.3, 0.4) is 0 Å². The number of carbonyl (C=O) groups excluding carboxylic acids is 1. The summed E-state index contributed by atoms with van der Waals surface area (Å²) >= 11 is 1.69. The van der Waals surface area contributed by atoms with Gasteiger partial charge in [0, 0.05) is 30.6 Å². The number of rotatable bonds is 10. The summed E-state index contributed by atoms with van der Waals surface area (Å²) in [6.45, 7) is 4.10. The van der Waals surface area contributed by atoms with Crippen molar-refractivity contribution >= 4 is 17.2 Å². The summed E-state index contributed by atoms with van der Waals surface area (Å²) < 4.78 is 5.64. The van der Waals surface area contributed by atoms with Gasteiger partial charge in [-0.3, -0.25) is 4.79 Å². The molecule has 6 heteroatoms. The first-order valence-electron chi connectivity index (χ1n) is 8.93. The van der Waals surface area contributed by atoms with Gasteiger partial charge in [-0.1, -0.05) is 13.0 Å². The molecule has 2 aromatic heterocycles. The van der Waals surface area contributed by atoms with Gasteiger partial charge in [-0.05, 0) is 43.7 Å². The van der Waals surface area contributed by atoms with Crippen LogP contribution in [0.2, 0.25) is 0 Å². The smallest absolute Gasteiger partial charge is 0.269 e. The standard InChI is InChI=1S/C19H25N3O2S/c1-14(19-21-10-11-25-19)4-3-9-20-18(23)17-6-2-5-16(22-17)13-24-12-15-7-8-15/h2,5-6,10-11,14-15H,3-4,7-9,12-13H2,1H3,(H,20,23)/t14-/m0/s1. The second-order valence-corrected chi connectivity index (χ2v) is 7.57. The second kappa shape index (κ2) is 9.06. The van der Waals surface area contributed by atoms with E-state index in [2.05, 4.69) is 22.2 Å². The maximum Gasteiger partial charge on any atom is 0.269 e. The van der Waals surface area contributed by atoms with Crippen molar-refractivity contribution in [3.05, 3.63) is 46.2 Å². The molecule has 25 heavy (non-hydrogen) atoms. The second-order valence-electron chi connectivity index (χ2n) is 6.64. The number of aromatic nitrogens is 2. The van der Waals surface area contributed by atoms with Gasteiger partial charge in [0.1, 0.15) is 5.69 Å². The van der Waals surface area contributed by atoms with E-state index in [1.807, 2.05) is 23.7 Å². The van der Waals surface area contributed by atoms with Gasteiger partial charge in [-0.15, -0.1) is 11.3 Å². The fraction of sp³-hybridized carbons (Fsp3) is 0.526. The predicted octanol–water partition coefficient (Wildman–Crippen LogP) is 3.78. The number of carbonyl (C=O) groups is 1. The molecule has 0 aromatic carbocycles. The van der Waals surface area contributed by atoms with Crippen molar-refractivity contribution in [1.82, 2.24) is 15.3 Å². The summed E-state index contributed by atoms with van der Waals surface area (Å²) in [4.78, 5) is 21.0. The summed E-state index contributed by atoms with van der Waals surface area (Å²) in [5.74, 6) is 1.05. The Morgan fingerprint density at radius 1 is 1.44 bits per heavy atom. The van der Waals surface area contributed by atoms with Crippen LogP contribution < -0.4 is 5.32 Å². The van der Waals surface area contributed by atoms with Crippen LogP contribution in [-0.4, -0.2) is 29.0 Å². The number of pyridine rings is 1. The molecule has 134 valence electrons. The average Bonchev–Trinajstić information content (AvgIpc) is 3.28. The van der Waals surface area contributed by atoms with E-state index >= 15 is 0 Å². The Bertz CT molecular complexity index is 671. The van der Waals surface area contributed by atoms with Crippen LogP contribution in [0, 0.1) is 5.92 Å². The summed E-state index contributed by atoms with van der Waals surface area (Å²) in [6.07, 6.45) is 6.33. The Balaban J connectivity index is 1.38. The van der Waals surface area contributed by atoms with Gasteiger partial charge in [0.15, 0.2) is 0 Å². The normalized spacial score (nSPS) is 15.1. The first kappa shape index (κ1) is 18.0. The minimum atomic E-state index is -0.119. The maximum absolute atomic E-state index is 12.2. The maximum atomic E-state index is 12.2. The lowest BCUT2D eigenvalue weighted by Gasteiger charge is -2.09. The minimum absolute atomic E-state index is 0.119. The molecule has 1 aliphatic carbocycles. The van der Waals surface area contributed by atoms with Gasteiger partial charge in [0.05, 0.1) is 17.3 Å². The van der Waals surface area contributed by atoms with E-state index in [0.29, 0.717) is 24.8 Å². The summed E-state index contributed by atoms with van der Waals surface area (Å²) in [5, 5.41) is 6.11. The van der Waals surface area contributed by atoms with E-state index in [1.54, 1.807) is 17.4 Å². The lowest BCUT2D eigenvalue weighted by Crippen LogP contribution is -2.25. The summed E-state index contributed by atoms with van der Waals surface area (Å²) in [7, 11) is 0. The first-order chi connectivity index (χ1) is 12.2. The number of nitrogens with one attached hydrogen (secondary N) is 1. The number of thiazole rings is 1. The third-order valence-corrected chi connectivity index (χ3v) is 5.32. The zero-order valence-electron chi connectivity index (χ0n) is 14.6. The molecule has 1 aliphatic rings. The zero-order chi connectivity index (χ0) is 17.5. The summed E-state index contributed by atoms with van der Waals surface area (Å²) in [6, 6.07) is 5.51. The van der Waals surface area contributed by atoms with Crippen molar-refractivity contribution in [1.29, 1.82) is 0 Å². The summed E-state index contributed by atoms with van der Waals surface area (Å²) in [5.41, 5.74) is 1.27. The molecular weight excluding hydrogens is 334 g/mol. The molecule has 0 bridgehead atoms. The highest BCUT2D eigenvalue weighted by molar-refractivity contribution is 7.09. The Hall–Kier alpha value is -1.79. The van der Waals surface area contributed by atoms with Crippen molar-refractivity contribution in [2.75, 3.05) is 13.2 Å². The number of hydrogen-bond donors (Lipinski definition) is 1. The third kappa shape index (κ3) is 5.90. The van der Waals surface area contributed by atoms with Crippen LogP contribution in [-0.2, 0) is 11.3 Å². The highest BCUT2D eigenvalue weighted by atomic mass is 32.1. The number of hydrogen-bond acceptors (Lipinski definition) is 5. The highest BCUT2D eigenvalue weighted by Crippen LogP contribution is 2.29. The van der Waals surface area contributed by atoms with E-state index < -0.39 is 0 Å². The van der Waals surface area contributed by atoms with Crippen LogP contribution in [0.4, 0.5) is 0 Å². The Labute approximate surface area is 152 Å². The van der Waals surface area contributed by atoms with E-state index in [1.165, 1.54) is 12.8 Å². The average molecular weight is 359 g/mol. The first-order valence-corrected chi connectivity index (χ1v) is 9.81. The largest absolute Gasteiger partial charge is 0.375 e. The minimum Gasteiger partial charge on any atom is -0.375 e. The van der Waals surface area contributed by atoms with Crippen LogP contribution >= 0.6 is 11.3 Å². The van der Waals surface area contributed by atoms with E-state index in [9.17, 15) is 4.79 Å². The van der Waals surface area contributed by atoms with Crippen molar-refractivity contribution in [2.45, 2.75) is 45.1 Å². The monoisotopic (exact) mass is 359 g/mol. The molecule has 0 unspecified atom stereocenters. The van der Waals surface area contributed by atoms with Crippen LogP contribution in [0.1, 0.15) is 59.7 Å². The van der Waals surface area contributed by atoms with Crippen molar-refractivity contribution in [3.63, 3.8) is 0 Å². The molecule has 0 aliphatic heterocycles. The topological polar surface area (TPSA) is 64.1 Å². The molecular formula is C19H25N3O2S. The Kier molecular flexibility index (Phi) is 6.53. The van der Waals surface area contributed by atoms with Gasteiger partial charge in [0.25, 0.3) is 5.91 Å². The van der Waals surface area contributed by atoms with Crippen LogP contribution in [0.5, 0.6) is 0 Å². The fourth-order valence-corrected chi connectivity index (χ4v) is 3.34. The predicted molar refractivity (Wildman–Crippen MR) is 98.7 cm³/mol. The van der Waals surface area contributed by atoms with Gasteiger partial charge >= 0.3 is 0 Å². The van der Waals surface area contributed by atoms with Gasteiger partial charge < -0.3 is 10.1 Å². The van der Waals surface area contributed by atoms with Crippen LogP contribution in [0.25, 0.3) is 0 Å². The molecule has 1 amide bonds. The van der Waals surface area contributed by atoms with E-state index in [4.69, 9.17) is 4.74 Å². The molecule has 3 rings (SSSR count). The lowest BCUT2D eigenvalue weighted by molar-refractivity contribution is 0.0943. The van der Waals surface area contributed by atoms with E-state index in [0.717, 1.165) is 36.1 Å².